The first kappa shape index (κ1) is 20.8. The molecule has 0 aliphatic carbocycles. The Morgan fingerprint density at radius 3 is 2.28 bits per heavy atom. The van der Waals surface area contributed by atoms with Crippen molar-refractivity contribution in [1.29, 1.82) is 0 Å². The van der Waals surface area contributed by atoms with E-state index in [4.69, 9.17) is 4.74 Å². The molecule has 2 aromatic rings. The number of likely N-dealkylation sites (N-methyl/N-ethyl adjacent to an activating group) is 1. The van der Waals surface area contributed by atoms with Gasteiger partial charge in [0.2, 0.25) is 5.91 Å². The normalized spacial score (nSPS) is 14.5. The molecule has 7 heteroatoms. The number of carbonyl (C=O) groups excluding carboxylic acids is 2. The van der Waals surface area contributed by atoms with Crippen LogP contribution in [-0.4, -0.2) is 67.5 Å². The number of amides is 2. The van der Waals surface area contributed by atoms with Crippen LogP contribution in [0.25, 0.3) is 0 Å². The highest BCUT2D eigenvalue weighted by Crippen LogP contribution is 2.14. The van der Waals surface area contributed by atoms with Crippen molar-refractivity contribution in [3.63, 3.8) is 0 Å². The van der Waals surface area contributed by atoms with Gasteiger partial charge in [0.1, 0.15) is 11.6 Å². The standard InChI is InChI=1S/C22H26FN3O3/c1-2-26(19-6-4-3-5-7-19)21(27)16-24-12-14-25(15-13-24)22(28)17-29-20-10-8-18(23)9-11-20/h3-11H,2,12-17H2,1H3. The molecule has 1 aliphatic rings. The number of benzene rings is 2. The van der Waals surface area contributed by atoms with Crippen molar-refractivity contribution in [3.05, 3.63) is 60.4 Å². The van der Waals surface area contributed by atoms with Crippen LogP contribution in [0.3, 0.4) is 0 Å². The smallest absolute Gasteiger partial charge is 0.260 e. The highest BCUT2D eigenvalue weighted by Gasteiger charge is 2.24. The molecule has 6 nitrogen and oxygen atoms in total. The molecular formula is C22H26FN3O3. The summed E-state index contributed by atoms with van der Waals surface area (Å²) in [5.41, 5.74) is 0.895. The first-order valence-corrected chi connectivity index (χ1v) is 9.80. The van der Waals surface area contributed by atoms with Gasteiger partial charge in [-0.25, -0.2) is 4.39 Å². The van der Waals surface area contributed by atoms with E-state index in [1.807, 2.05) is 37.3 Å². The van der Waals surface area contributed by atoms with E-state index in [0.717, 1.165) is 5.69 Å². The third-order valence-corrected chi connectivity index (χ3v) is 4.94. The lowest BCUT2D eigenvalue weighted by atomic mass is 10.2. The molecule has 154 valence electrons. The largest absolute Gasteiger partial charge is 0.484 e. The highest BCUT2D eigenvalue weighted by molar-refractivity contribution is 5.94. The molecule has 2 aromatic carbocycles. The van der Waals surface area contributed by atoms with E-state index >= 15 is 0 Å². The minimum atomic E-state index is -0.344. The number of nitrogens with zero attached hydrogens (tertiary/aromatic N) is 3. The number of ether oxygens (including phenoxy) is 1. The summed E-state index contributed by atoms with van der Waals surface area (Å²) >= 11 is 0. The van der Waals surface area contributed by atoms with E-state index < -0.39 is 0 Å². The zero-order valence-electron chi connectivity index (χ0n) is 16.6. The van der Waals surface area contributed by atoms with Gasteiger partial charge in [-0.1, -0.05) is 18.2 Å². The Labute approximate surface area is 170 Å². The Balaban J connectivity index is 1.44. The summed E-state index contributed by atoms with van der Waals surface area (Å²) in [5.74, 6) is 0.0608. The van der Waals surface area contributed by atoms with Crippen LogP contribution in [0, 0.1) is 5.82 Å². The van der Waals surface area contributed by atoms with Crippen LogP contribution in [0.4, 0.5) is 10.1 Å². The topological polar surface area (TPSA) is 53.1 Å². The number of carbonyl (C=O) groups is 2. The molecule has 1 heterocycles. The molecule has 0 unspecified atom stereocenters. The second-order valence-electron chi connectivity index (χ2n) is 6.87. The summed E-state index contributed by atoms with van der Waals surface area (Å²) in [6.45, 7) is 5.21. The van der Waals surface area contributed by atoms with Crippen LogP contribution in [0.2, 0.25) is 0 Å². The van der Waals surface area contributed by atoms with E-state index in [1.165, 1.54) is 24.3 Å². The monoisotopic (exact) mass is 399 g/mol. The Bertz CT molecular complexity index is 806. The van der Waals surface area contributed by atoms with Crippen LogP contribution in [0.1, 0.15) is 6.92 Å². The molecule has 0 saturated carbocycles. The molecule has 2 amide bonds. The van der Waals surface area contributed by atoms with Crippen LogP contribution in [0.5, 0.6) is 5.75 Å². The Kier molecular flexibility index (Phi) is 7.19. The van der Waals surface area contributed by atoms with Gasteiger partial charge in [0.05, 0.1) is 6.54 Å². The third-order valence-electron chi connectivity index (χ3n) is 4.94. The maximum atomic E-state index is 12.9. The van der Waals surface area contributed by atoms with Crippen molar-refractivity contribution >= 4 is 17.5 Å². The molecule has 0 radical (unpaired) electrons. The van der Waals surface area contributed by atoms with Gasteiger partial charge in [-0.05, 0) is 43.3 Å². The second kappa shape index (κ2) is 10.0. The molecule has 1 aliphatic heterocycles. The molecule has 0 atom stereocenters. The number of hydrogen-bond donors (Lipinski definition) is 0. The van der Waals surface area contributed by atoms with Gasteiger partial charge in [0.15, 0.2) is 6.61 Å². The van der Waals surface area contributed by atoms with Gasteiger partial charge in [-0.15, -0.1) is 0 Å². The molecular weight excluding hydrogens is 373 g/mol. The van der Waals surface area contributed by atoms with Crippen molar-refractivity contribution in [3.8, 4) is 5.75 Å². The Morgan fingerprint density at radius 1 is 1.00 bits per heavy atom. The summed E-state index contributed by atoms with van der Waals surface area (Å²) in [6, 6.07) is 15.2. The van der Waals surface area contributed by atoms with E-state index in [1.54, 1.807) is 9.80 Å². The number of halogens is 1. The zero-order valence-corrected chi connectivity index (χ0v) is 16.6. The Morgan fingerprint density at radius 2 is 1.66 bits per heavy atom. The van der Waals surface area contributed by atoms with Gasteiger partial charge >= 0.3 is 0 Å². The van der Waals surface area contributed by atoms with Crippen LogP contribution < -0.4 is 9.64 Å². The van der Waals surface area contributed by atoms with E-state index in [9.17, 15) is 14.0 Å². The average Bonchev–Trinajstić information content (AvgIpc) is 2.75. The number of rotatable bonds is 7. The van der Waals surface area contributed by atoms with E-state index in [2.05, 4.69) is 4.90 Å². The number of hydrogen-bond acceptors (Lipinski definition) is 4. The SMILES string of the molecule is CCN(C(=O)CN1CCN(C(=O)COc2ccc(F)cc2)CC1)c1ccccc1. The first-order chi connectivity index (χ1) is 14.1. The van der Waals surface area contributed by atoms with Crippen molar-refractivity contribution in [1.82, 2.24) is 9.80 Å². The fourth-order valence-corrected chi connectivity index (χ4v) is 3.31. The summed E-state index contributed by atoms with van der Waals surface area (Å²) in [6.07, 6.45) is 0. The molecule has 0 N–H and O–H groups in total. The fourth-order valence-electron chi connectivity index (χ4n) is 3.31. The zero-order chi connectivity index (χ0) is 20.6. The third kappa shape index (κ3) is 5.77. The quantitative estimate of drug-likeness (QED) is 0.718. The van der Waals surface area contributed by atoms with Gasteiger partial charge in [-0.2, -0.15) is 0 Å². The van der Waals surface area contributed by atoms with Crippen molar-refractivity contribution in [2.45, 2.75) is 6.92 Å². The van der Waals surface area contributed by atoms with E-state index in [0.29, 0.717) is 45.0 Å². The summed E-state index contributed by atoms with van der Waals surface area (Å²) in [4.78, 5) is 30.6. The number of piperazine rings is 1. The second-order valence-corrected chi connectivity index (χ2v) is 6.87. The van der Waals surface area contributed by atoms with Crippen LogP contribution in [-0.2, 0) is 9.59 Å². The highest BCUT2D eigenvalue weighted by atomic mass is 19.1. The molecule has 0 spiro atoms. The maximum absolute atomic E-state index is 12.9. The molecule has 29 heavy (non-hydrogen) atoms. The number of anilines is 1. The number of para-hydroxylation sites is 1. The Hall–Kier alpha value is -2.93. The summed E-state index contributed by atoms with van der Waals surface area (Å²) in [5, 5.41) is 0. The van der Waals surface area contributed by atoms with Crippen molar-refractivity contribution in [2.24, 2.45) is 0 Å². The predicted octanol–water partition coefficient (Wildman–Crippen LogP) is 2.40. The molecule has 0 bridgehead atoms. The fraction of sp³-hybridized carbons (Fsp3) is 0.364. The van der Waals surface area contributed by atoms with Gasteiger partial charge < -0.3 is 14.5 Å². The lowest BCUT2D eigenvalue weighted by Gasteiger charge is -2.35. The molecule has 1 saturated heterocycles. The summed E-state index contributed by atoms with van der Waals surface area (Å²) < 4.78 is 18.3. The lowest BCUT2D eigenvalue weighted by Crippen LogP contribution is -2.52. The van der Waals surface area contributed by atoms with E-state index in [-0.39, 0.29) is 24.2 Å². The summed E-state index contributed by atoms with van der Waals surface area (Å²) in [7, 11) is 0. The van der Waals surface area contributed by atoms with Gasteiger partial charge in [0.25, 0.3) is 5.91 Å². The molecule has 1 fully saturated rings. The lowest BCUT2D eigenvalue weighted by molar-refractivity contribution is -0.135. The molecule has 0 aromatic heterocycles. The molecule has 3 rings (SSSR count). The van der Waals surface area contributed by atoms with Crippen LogP contribution >= 0.6 is 0 Å². The average molecular weight is 399 g/mol. The predicted molar refractivity (Wildman–Crippen MR) is 109 cm³/mol. The first-order valence-electron chi connectivity index (χ1n) is 9.80. The van der Waals surface area contributed by atoms with Gasteiger partial charge in [-0.3, -0.25) is 14.5 Å². The van der Waals surface area contributed by atoms with Crippen molar-refractivity contribution < 1.29 is 18.7 Å². The minimum absolute atomic E-state index is 0.0538. The van der Waals surface area contributed by atoms with Crippen LogP contribution in [0.15, 0.2) is 54.6 Å². The maximum Gasteiger partial charge on any atom is 0.260 e. The van der Waals surface area contributed by atoms with Crippen molar-refractivity contribution in [2.75, 3.05) is 50.8 Å². The minimum Gasteiger partial charge on any atom is -0.484 e. The van der Waals surface area contributed by atoms with Gasteiger partial charge in [0, 0.05) is 38.4 Å².